The Kier molecular flexibility index (Phi) is 3.14. The monoisotopic (exact) mass is 289 g/mol. The average molecular weight is 289 g/mol. The second-order valence-corrected chi connectivity index (χ2v) is 5.73. The normalized spacial score (nSPS) is 19.9. The minimum absolute atomic E-state index is 0.114. The lowest BCUT2D eigenvalue weighted by Crippen LogP contribution is -2.33. The number of benzene rings is 1. The summed E-state index contributed by atoms with van der Waals surface area (Å²) in [7, 11) is 0. The molecular weight excluding hydrogens is 274 g/mol. The van der Waals surface area contributed by atoms with Crippen LogP contribution in [0.4, 0.5) is 5.69 Å². The van der Waals surface area contributed by atoms with E-state index in [1.807, 2.05) is 37.4 Å². The molecule has 0 bridgehead atoms. The molecule has 0 saturated heterocycles. The molecule has 1 aromatic heterocycles. The number of carbonyl (C=O) groups excluding carboxylic acids is 1. The Morgan fingerprint density at radius 2 is 2.10 bits per heavy atom. The number of nitrogens with one attached hydrogen (secondary N) is 1. The van der Waals surface area contributed by atoms with E-state index in [4.69, 9.17) is 9.47 Å². The zero-order valence-corrected chi connectivity index (χ0v) is 12.1. The molecule has 1 aromatic carbocycles. The summed E-state index contributed by atoms with van der Waals surface area (Å²) < 4.78 is 11.5. The molecule has 0 saturated carbocycles. The molecule has 2 heterocycles. The highest BCUT2D eigenvalue weighted by molar-refractivity contribution is 7.12. The first-order valence-corrected chi connectivity index (χ1v) is 7.34. The van der Waals surface area contributed by atoms with E-state index in [-0.39, 0.29) is 5.91 Å². The second-order valence-electron chi connectivity index (χ2n) is 4.78. The molecule has 20 heavy (non-hydrogen) atoms. The summed E-state index contributed by atoms with van der Waals surface area (Å²) in [6.07, 6.45) is 0.749. The van der Waals surface area contributed by atoms with Gasteiger partial charge in [0.05, 0.1) is 4.88 Å². The summed E-state index contributed by atoms with van der Waals surface area (Å²) in [5, 5.41) is 4.73. The Hall–Kier alpha value is -2.01. The van der Waals surface area contributed by atoms with E-state index in [0.717, 1.165) is 6.42 Å². The van der Waals surface area contributed by atoms with E-state index >= 15 is 0 Å². The summed E-state index contributed by atoms with van der Waals surface area (Å²) in [6.45, 7) is 3.91. The van der Waals surface area contributed by atoms with Crippen LogP contribution in [0.3, 0.4) is 0 Å². The first-order valence-electron chi connectivity index (χ1n) is 6.46. The van der Waals surface area contributed by atoms with E-state index in [2.05, 4.69) is 5.32 Å². The predicted octanol–water partition coefficient (Wildman–Crippen LogP) is 3.90. The first-order chi connectivity index (χ1) is 9.59. The summed E-state index contributed by atoms with van der Waals surface area (Å²) in [5.41, 5.74) is 0.700. The number of amides is 1. The average Bonchev–Trinajstić information content (AvgIpc) is 3.05. The smallest absolute Gasteiger partial charge is 0.265 e. The van der Waals surface area contributed by atoms with Gasteiger partial charge in [0.1, 0.15) is 0 Å². The minimum Gasteiger partial charge on any atom is -0.449 e. The molecule has 104 valence electrons. The van der Waals surface area contributed by atoms with E-state index in [0.29, 0.717) is 22.1 Å². The third-order valence-electron chi connectivity index (χ3n) is 3.24. The van der Waals surface area contributed by atoms with Crippen molar-refractivity contribution in [3.05, 3.63) is 40.6 Å². The van der Waals surface area contributed by atoms with Crippen LogP contribution in [0.15, 0.2) is 35.7 Å². The molecule has 0 unspecified atom stereocenters. The molecular formula is C15H15NO3S. The summed E-state index contributed by atoms with van der Waals surface area (Å²) in [5.74, 6) is 0.651. The van der Waals surface area contributed by atoms with Crippen LogP contribution in [0.5, 0.6) is 11.5 Å². The van der Waals surface area contributed by atoms with Crippen LogP contribution in [-0.2, 0) is 0 Å². The lowest BCUT2D eigenvalue weighted by Gasteiger charge is -2.20. The Morgan fingerprint density at radius 3 is 2.80 bits per heavy atom. The van der Waals surface area contributed by atoms with Gasteiger partial charge in [-0.25, -0.2) is 0 Å². The van der Waals surface area contributed by atoms with Gasteiger partial charge >= 0.3 is 0 Å². The van der Waals surface area contributed by atoms with Crippen molar-refractivity contribution in [2.75, 3.05) is 5.32 Å². The molecule has 0 radical (unpaired) electrons. The number of anilines is 1. The molecule has 0 fully saturated rings. The summed E-state index contributed by atoms with van der Waals surface area (Å²) in [6, 6.07) is 9.07. The van der Waals surface area contributed by atoms with Crippen LogP contribution < -0.4 is 14.8 Å². The number of ether oxygens (including phenoxy) is 2. The van der Waals surface area contributed by atoms with Crippen LogP contribution in [0.25, 0.3) is 0 Å². The maximum absolute atomic E-state index is 12.0. The molecule has 1 N–H and O–H groups in total. The van der Waals surface area contributed by atoms with Crippen LogP contribution in [0.1, 0.15) is 29.9 Å². The molecule has 1 atom stereocenters. The highest BCUT2D eigenvalue weighted by atomic mass is 32.1. The highest BCUT2D eigenvalue weighted by Gasteiger charge is 2.34. The summed E-state index contributed by atoms with van der Waals surface area (Å²) in [4.78, 5) is 12.7. The van der Waals surface area contributed by atoms with Crippen molar-refractivity contribution >= 4 is 22.9 Å². The Bertz CT molecular complexity index is 639. The zero-order valence-electron chi connectivity index (χ0n) is 11.3. The SMILES string of the molecule is CC[C@@]1(C)Oc2ccc(NC(=O)c3cccs3)cc2O1. The number of hydrogen-bond donors (Lipinski definition) is 1. The topological polar surface area (TPSA) is 47.6 Å². The van der Waals surface area contributed by atoms with Gasteiger partial charge in [0.15, 0.2) is 11.5 Å². The van der Waals surface area contributed by atoms with Crippen molar-refractivity contribution in [3.8, 4) is 11.5 Å². The van der Waals surface area contributed by atoms with Crippen LogP contribution in [-0.4, -0.2) is 11.7 Å². The lowest BCUT2D eigenvalue weighted by atomic mass is 10.2. The molecule has 0 aliphatic carbocycles. The van der Waals surface area contributed by atoms with E-state index in [1.54, 1.807) is 12.1 Å². The van der Waals surface area contributed by atoms with Gasteiger partial charge in [-0.1, -0.05) is 13.0 Å². The molecule has 4 nitrogen and oxygen atoms in total. The fraction of sp³-hybridized carbons (Fsp3) is 0.267. The van der Waals surface area contributed by atoms with Gasteiger partial charge in [-0.15, -0.1) is 11.3 Å². The Labute approximate surface area is 121 Å². The lowest BCUT2D eigenvalue weighted by molar-refractivity contribution is -0.0640. The molecule has 5 heteroatoms. The Balaban J connectivity index is 1.78. The van der Waals surface area contributed by atoms with E-state index in [9.17, 15) is 4.79 Å². The van der Waals surface area contributed by atoms with Gasteiger partial charge in [0.25, 0.3) is 5.91 Å². The molecule has 1 aliphatic rings. The number of rotatable bonds is 3. The van der Waals surface area contributed by atoms with E-state index < -0.39 is 5.79 Å². The van der Waals surface area contributed by atoms with Crippen molar-refractivity contribution in [2.24, 2.45) is 0 Å². The third kappa shape index (κ3) is 2.36. The predicted molar refractivity (Wildman–Crippen MR) is 78.7 cm³/mol. The van der Waals surface area contributed by atoms with Crippen molar-refractivity contribution in [1.29, 1.82) is 0 Å². The maximum atomic E-state index is 12.0. The van der Waals surface area contributed by atoms with Crippen molar-refractivity contribution in [2.45, 2.75) is 26.1 Å². The summed E-state index contributed by atoms with van der Waals surface area (Å²) >= 11 is 1.41. The maximum Gasteiger partial charge on any atom is 0.265 e. The zero-order chi connectivity index (χ0) is 14.2. The number of carbonyl (C=O) groups is 1. The van der Waals surface area contributed by atoms with Gasteiger partial charge in [0.2, 0.25) is 5.79 Å². The van der Waals surface area contributed by atoms with Crippen LogP contribution in [0.2, 0.25) is 0 Å². The van der Waals surface area contributed by atoms with Crippen molar-refractivity contribution < 1.29 is 14.3 Å². The highest BCUT2D eigenvalue weighted by Crippen LogP contribution is 2.42. The fourth-order valence-corrected chi connectivity index (χ4v) is 2.60. The van der Waals surface area contributed by atoms with Gasteiger partial charge in [-0.05, 0) is 23.6 Å². The second kappa shape index (κ2) is 4.83. The molecule has 0 spiro atoms. The molecule has 2 aromatic rings. The quantitative estimate of drug-likeness (QED) is 0.932. The minimum atomic E-state index is -0.612. The van der Waals surface area contributed by atoms with Gasteiger partial charge in [0, 0.05) is 25.1 Å². The van der Waals surface area contributed by atoms with Crippen molar-refractivity contribution in [3.63, 3.8) is 0 Å². The molecule has 1 amide bonds. The van der Waals surface area contributed by atoms with Gasteiger partial charge in [-0.2, -0.15) is 0 Å². The largest absolute Gasteiger partial charge is 0.449 e. The number of thiophene rings is 1. The first kappa shape index (κ1) is 13.0. The molecule has 3 rings (SSSR count). The van der Waals surface area contributed by atoms with E-state index in [1.165, 1.54) is 11.3 Å². The van der Waals surface area contributed by atoms with Crippen molar-refractivity contribution in [1.82, 2.24) is 0 Å². The number of hydrogen-bond acceptors (Lipinski definition) is 4. The standard InChI is InChI=1S/C15H15NO3S/c1-3-15(2)18-11-7-6-10(9-12(11)19-15)16-14(17)13-5-4-8-20-13/h4-9H,3H2,1-2H3,(H,16,17)/t15-/m0/s1. The van der Waals surface area contributed by atoms with Crippen LogP contribution >= 0.6 is 11.3 Å². The molecule has 1 aliphatic heterocycles. The third-order valence-corrected chi connectivity index (χ3v) is 4.11. The van der Waals surface area contributed by atoms with Gasteiger partial charge < -0.3 is 14.8 Å². The Morgan fingerprint density at radius 1 is 1.30 bits per heavy atom. The van der Waals surface area contributed by atoms with Gasteiger partial charge in [-0.3, -0.25) is 4.79 Å². The fourth-order valence-electron chi connectivity index (χ4n) is 1.98. The van der Waals surface area contributed by atoms with Crippen LogP contribution in [0, 0.1) is 0 Å². The number of fused-ring (bicyclic) bond motifs is 1.